The van der Waals surface area contributed by atoms with Crippen molar-refractivity contribution < 1.29 is 10.0 Å². The zero-order chi connectivity index (χ0) is 14.5. The lowest BCUT2D eigenvalue weighted by Gasteiger charge is -2.25. The number of nitrogen functional groups attached to an aromatic ring is 1. The number of aromatic nitrogens is 2. The fourth-order valence-electron chi connectivity index (χ4n) is 2.52. The number of nitrogens with zero attached hydrogens (tertiary/aromatic N) is 4. The molecular weight excluding hydrogens is 264 g/mol. The predicted octanol–water partition coefficient (Wildman–Crippen LogP) is 0.412. The average molecular weight is 282 g/mol. The molecule has 0 bridgehead atoms. The topological polar surface area (TPSA) is 130 Å². The molecule has 1 aromatic rings. The number of hydrazine groups is 1. The SMILES string of the molecule is NNc1ncc([N+](=O)[O-])c(N2CCCC2CCCO)n1. The maximum atomic E-state index is 11.1. The van der Waals surface area contributed by atoms with Gasteiger partial charge in [-0.1, -0.05) is 0 Å². The van der Waals surface area contributed by atoms with E-state index in [0.29, 0.717) is 18.8 Å². The minimum Gasteiger partial charge on any atom is -0.396 e. The summed E-state index contributed by atoms with van der Waals surface area (Å²) in [6.07, 6.45) is 4.50. The van der Waals surface area contributed by atoms with Crippen LogP contribution in [0, 0.1) is 10.1 Å². The second-order valence-corrected chi connectivity index (χ2v) is 4.66. The van der Waals surface area contributed by atoms with Gasteiger partial charge in [0, 0.05) is 19.2 Å². The molecule has 0 saturated carbocycles. The van der Waals surface area contributed by atoms with Crippen molar-refractivity contribution >= 4 is 17.5 Å². The van der Waals surface area contributed by atoms with Gasteiger partial charge < -0.3 is 10.0 Å². The number of nitrogens with two attached hydrogens (primary N) is 1. The van der Waals surface area contributed by atoms with Gasteiger partial charge in [-0.15, -0.1) is 0 Å². The van der Waals surface area contributed by atoms with Crippen LogP contribution >= 0.6 is 0 Å². The van der Waals surface area contributed by atoms with Crippen molar-refractivity contribution in [3.63, 3.8) is 0 Å². The molecule has 9 heteroatoms. The summed E-state index contributed by atoms with van der Waals surface area (Å²) in [6, 6.07) is 0.154. The maximum absolute atomic E-state index is 11.1. The summed E-state index contributed by atoms with van der Waals surface area (Å²) in [4.78, 5) is 20.4. The van der Waals surface area contributed by atoms with Gasteiger partial charge in [0.1, 0.15) is 6.20 Å². The molecule has 1 aliphatic heterocycles. The molecule has 0 aliphatic carbocycles. The minimum absolute atomic E-state index is 0.117. The molecule has 0 spiro atoms. The highest BCUT2D eigenvalue weighted by molar-refractivity contribution is 5.60. The van der Waals surface area contributed by atoms with E-state index in [-0.39, 0.29) is 24.3 Å². The van der Waals surface area contributed by atoms with Gasteiger partial charge in [0.15, 0.2) is 0 Å². The van der Waals surface area contributed by atoms with E-state index < -0.39 is 4.92 Å². The number of rotatable bonds is 6. The van der Waals surface area contributed by atoms with E-state index >= 15 is 0 Å². The highest BCUT2D eigenvalue weighted by Gasteiger charge is 2.31. The smallest absolute Gasteiger partial charge is 0.329 e. The number of aliphatic hydroxyl groups is 1. The molecule has 1 unspecified atom stereocenters. The Kier molecular flexibility index (Phi) is 4.64. The molecule has 1 aromatic heterocycles. The van der Waals surface area contributed by atoms with E-state index in [4.69, 9.17) is 10.9 Å². The highest BCUT2D eigenvalue weighted by atomic mass is 16.6. The van der Waals surface area contributed by atoms with Crippen molar-refractivity contribution in [1.82, 2.24) is 9.97 Å². The van der Waals surface area contributed by atoms with Crippen LogP contribution in [-0.2, 0) is 0 Å². The molecule has 0 radical (unpaired) electrons. The van der Waals surface area contributed by atoms with Crippen molar-refractivity contribution in [2.45, 2.75) is 31.7 Å². The van der Waals surface area contributed by atoms with E-state index in [0.717, 1.165) is 19.3 Å². The summed E-state index contributed by atoms with van der Waals surface area (Å²) < 4.78 is 0. The Balaban J connectivity index is 2.31. The molecule has 0 aromatic carbocycles. The van der Waals surface area contributed by atoms with Crippen molar-refractivity contribution in [3.05, 3.63) is 16.3 Å². The van der Waals surface area contributed by atoms with Gasteiger partial charge in [0.05, 0.1) is 4.92 Å². The third kappa shape index (κ3) is 2.94. The molecule has 1 fully saturated rings. The number of hydrogen-bond donors (Lipinski definition) is 3. The summed E-state index contributed by atoms with van der Waals surface area (Å²) >= 11 is 0. The fraction of sp³-hybridized carbons (Fsp3) is 0.636. The summed E-state index contributed by atoms with van der Waals surface area (Å²) in [5.41, 5.74) is 2.18. The molecule has 20 heavy (non-hydrogen) atoms. The second kappa shape index (κ2) is 6.44. The van der Waals surface area contributed by atoms with Crippen LogP contribution in [0.3, 0.4) is 0 Å². The predicted molar refractivity (Wildman–Crippen MR) is 73.2 cm³/mol. The molecule has 110 valence electrons. The van der Waals surface area contributed by atoms with Gasteiger partial charge in [-0.25, -0.2) is 10.8 Å². The van der Waals surface area contributed by atoms with Crippen LogP contribution in [0.15, 0.2) is 6.20 Å². The van der Waals surface area contributed by atoms with E-state index in [2.05, 4.69) is 15.4 Å². The van der Waals surface area contributed by atoms with Crippen molar-refractivity contribution in [3.8, 4) is 0 Å². The first-order valence-electron chi connectivity index (χ1n) is 6.53. The lowest BCUT2D eigenvalue weighted by atomic mass is 10.1. The number of nitro groups is 1. The summed E-state index contributed by atoms with van der Waals surface area (Å²) in [5.74, 6) is 5.70. The van der Waals surface area contributed by atoms with Crippen LogP contribution in [0.4, 0.5) is 17.5 Å². The lowest BCUT2D eigenvalue weighted by Crippen LogP contribution is -2.31. The Morgan fingerprint density at radius 3 is 3.10 bits per heavy atom. The minimum atomic E-state index is -0.489. The van der Waals surface area contributed by atoms with Crippen LogP contribution in [0.2, 0.25) is 0 Å². The molecule has 2 rings (SSSR count). The second-order valence-electron chi connectivity index (χ2n) is 4.66. The number of nitrogens with one attached hydrogen (secondary N) is 1. The Morgan fingerprint density at radius 2 is 2.45 bits per heavy atom. The summed E-state index contributed by atoms with van der Waals surface area (Å²) in [6.45, 7) is 0.823. The number of hydrogen-bond acceptors (Lipinski definition) is 8. The van der Waals surface area contributed by atoms with Gasteiger partial charge in [-0.2, -0.15) is 4.98 Å². The van der Waals surface area contributed by atoms with Crippen LogP contribution in [-0.4, -0.2) is 39.2 Å². The molecule has 1 aliphatic rings. The maximum Gasteiger partial charge on any atom is 0.329 e. The van der Waals surface area contributed by atoms with E-state index in [1.807, 2.05) is 4.90 Å². The van der Waals surface area contributed by atoms with E-state index in [1.165, 1.54) is 6.20 Å². The van der Waals surface area contributed by atoms with Crippen LogP contribution in [0.5, 0.6) is 0 Å². The Bertz CT molecular complexity index is 483. The van der Waals surface area contributed by atoms with Crippen molar-refractivity contribution in [2.24, 2.45) is 5.84 Å². The highest BCUT2D eigenvalue weighted by Crippen LogP contribution is 2.33. The molecule has 4 N–H and O–H groups in total. The molecular formula is C11H18N6O3. The third-order valence-corrected chi connectivity index (χ3v) is 3.42. The standard InChI is InChI=1S/C11H18N6O3/c12-15-11-13-7-9(17(19)20)10(14-11)16-5-1-3-8(16)4-2-6-18/h7-8,18H,1-6,12H2,(H,13,14,15). The first-order valence-corrected chi connectivity index (χ1v) is 6.53. The Hall–Kier alpha value is -2.00. The van der Waals surface area contributed by atoms with Gasteiger partial charge in [0.25, 0.3) is 0 Å². The molecule has 1 saturated heterocycles. The van der Waals surface area contributed by atoms with Crippen molar-refractivity contribution in [2.75, 3.05) is 23.5 Å². The first-order chi connectivity index (χ1) is 9.67. The Morgan fingerprint density at radius 1 is 1.65 bits per heavy atom. The van der Waals surface area contributed by atoms with E-state index in [9.17, 15) is 10.1 Å². The largest absolute Gasteiger partial charge is 0.396 e. The molecule has 9 nitrogen and oxygen atoms in total. The zero-order valence-electron chi connectivity index (χ0n) is 11.0. The fourth-order valence-corrected chi connectivity index (χ4v) is 2.52. The van der Waals surface area contributed by atoms with Gasteiger partial charge in [-0.3, -0.25) is 15.5 Å². The first kappa shape index (κ1) is 14.4. The van der Waals surface area contributed by atoms with Crippen molar-refractivity contribution in [1.29, 1.82) is 0 Å². The lowest BCUT2D eigenvalue weighted by molar-refractivity contribution is -0.384. The normalized spacial score (nSPS) is 18.3. The number of aliphatic hydroxyl groups excluding tert-OH is 1. The van der Waals surface area contributed by atoms with E-state index in [1.54, 1.807) is 0 Å². The number of anilines is 2. The quantitative estimate of drug-likeness (QED) is 0.388. The van der Waals surface area contributed by atoms with Gasteiger partial charge in [0.2, 0.25) is 11.8 Å². The zero-order valence-corrected chi connectivity index (χ0v) is 11.0. The van der Waals surface area contributed by atoms with Crippen LogP contribution in [0.1, 0.15) is 25.7 Å². The van der Waals surface area contributed by atoms with Crippen LogP contribution in [0.25, 0.3) is 0 Å². The molecule has 1 atom stereocenters. The van der Waals surface area contributed by atoms with Gasteiger partial charge in [-0.05, 0) is 25.7 Å². The summed E-state index contributed by atoms with van der Waals surface area (Å²) in [7, 11) is 0. The molecule has 0 amide bonds. The van der Waals surface area contributed by atoms with Crippen LogP contribution < -0.4 is 16.2 Å². The van der Waals surface area contributed by atoms with Gasteiger partial charge >= 0.3 is 5.69 Å². The average Bonchev–Trinajstić information content (AvgIpc) is 2.92. The third-order valence-electron chi connectivity index (χ3n) is 3.42. The summed E-state index contributed by atoms with van der Waals surface area (Å²) in [5, 5.41) is 20.0. The monoisotopic (exact) mass is 282 g/mol. The molecule has 2 heterocycles. The Labute approximate surface area is 115 Å².